The predicted octanol–water partition coefficient (Wildman–Crippen LogP) is 2.12. The number of H-pyrrole nitrogens is 1. The summed E-state index contributed by atoms with van der Waals surface area (Å²) in [5.41, 5.74) is -0.194. The van der Waals surface area contributed by atoms with Gasteiger partial charge >= 0.3 is 5.69 Å². The van der Waals surface area contributed by atoms with Gasteiger partial charge in [-0.2, -0.15) is 0 Å². The van der Waals surface area contributed by atoms with E-state index in [9.17, 15) is 19.2 Å². The van der Waals surface area contributed by atoms with Crippen LogP contribution in [0.15, 0.2) is 15.8 Å². The maximum Gasteiger partial charge on any atom is 0.328 e. The molecule has 0 amide bonds. The Morgan fingerprint density at radius 3 is 2.67 bits per heavy atom. The molecule has 6 nitrogen and oxygen atoms in total. The van der Waals surface area contributed by atoms with Crippen molar-refractivity contribution in [3.63, 3.8) is 0 Å². The molecule has 1 unspecified atom stereocenters. The first-order chi connectivity index (χ1) is 11.5. The number of aryl methyl sites for hydroxylation is 2. The van der Waals surface area contributed by atoms with Gasteiger partial charge in [-0.05, 0) is 32.6 Å². The SMILES string of the molecule is Cc1cn(CCCCCCC(=O)C2CCCCC2=O)c(=O)[nH]c1=O. The van der Waals surface area contributed by atoms with E-state index in [1.807, 2.05) is 0 Å². The molecule has 1 fully saturated rings. The number of rotatable bonds is 8. The summed E-state index contributed by atoms with van der Waals surface area (Å²) in [6.45, 7) is 2.23. The number of nitrogens with one attached hydrogen (secondary N) is 1. The Morgan fingerprint density at radius 1 is 1.17 bits per heavy atom. The maximum absolute atomic E-state index is 12.1. The Morgan fingerprint density at radius 2 is 1.92 bits per heavy atom. The normalized spacial score (nSPS) is 17.9. The summed E-state index contributed by atoms with van der Waals surface area (Å²) in [4.78, 5) is 49.0. The maximum atomic E-state index is 12.1. The fraction of sp³-hybridized carbons (Fsp3) is 0.667. The van der Waals surface area contributed by atoms with Crippen LogP contribution in [0.3, 0.4) is 0 Å². The quantitative estimate of drug-likeness (QED) is 0.582. The minimum atomic E-state index is -0.378. The van der Waals surface area contributed by atoms with E-state index in [2.05, 4.69) is 4.98 Å². The highest BCUT2D eigenvalue weighted by Gasteiger charge is 2.27. The Labute approximate surface area is 141 Å². The number of hydrogen-bond acceptors (Lipinski definition) is 4. The van der Waals surface area contributed by atoms with Crippen LogP contribution in [0.5, 0.6) is 0 Å². The topological polar surface area (TPSA) is 89.0 Å². The molecule has 0 saturated heterocycles. The van der Waals surface area contributed by atoms with Crippen molar-refractivity contribution in [1.82, 2.24) is 9.55 Å². The average molecular weight is 334 g/mol. The summed E-state index contributed by atoms with van der Waals surface area (Å²) in [7, 11) is 0. The van der Waals surface area contributed by atoms with E-state index in [4.69, 9.17) is 0 Å². The summed E-state index contributed by atoms with van der Waals surface area (Å²) in [6, 6.07) is 0. The number of aromatic amines is 1. The van der Waals surface area contributed by atoms with E-state index >= 15 is 0 Å². The van der Waals surface area contributed by atoms with Gasteiger partial charge in [-0.3, -0.25) is 19.4 Å². The van der Waals surface area contributed by atoms with Crippen molar-refractivity contribution < 1.29 is 9.59 Å². The first kappa shape index (κ1) is 18.4. The number of hydrogen-bond donors (Lipinski definition) is 1. The van der Waals surface area contributed by atoms with Gasteiger partial charge in [0.05, 0.1) is 5.92 Å². The second-order valence-electron chi connectivity index (χ2n) is 6.66. The van der Waals surface area contributed by atoms with E-state index in [0.717, 1.165) is 44.9 Å². The van der Waals surface area contributed by atoms with Gasteiger partial charge in [-0.25, -0.2) is 4.79 Å². The highest BCUT2D eigenvalue weighted by Crippen LogP contribution is 2.23. The predicted molar refractivity (Wildman–Crippen MR) is 91.1 cm³/mol. The van der Waals surface area contributed by atoms with Gasteiger partial charge in [0.25, 0.3) is 5.56 Å². The van der Waals surface area contributed by atoms with Crippen LogP contribution >= 0.6 is 0 Å². The lowest BCUT2D eigenvalue weighted by Gasteiger charge is -2.19. The van der Waals surface area contributed by atoms with Crippen LogP contribution in [-0.4, -0.2) is 21.1 Å². The molecule has 1 N–H and O–H groups in total. The van der Waals surface area contributed by atoms with Crippen molar-refractivity contribution in [2.24, 2.45) is 5.92 Å². The van der Waals surface area contributed by atoms with E-state index in [-0.39, 0.29) is 28.7 Å². The average Bonchev–Trinajstić information content (AvgIpc) is 2.55. The van der Waals surface area contributed by atoms with Crippen LogP contribution < -0.4 is 11.2 Å². The lowest BCUT2D eigenvalue weighted by Crippen LogP contribution is -2.30. The van der Waals surface area contributed by atoms with E-state index in [1.165, 1.54) is 4.57 Å². The van der Waals surface area contributed by atoms with Crippen molar-refractivity contribution in [3.8, 4) is 0 Å². The van der Waals surface area contributed by atoms with Gasteiger partial charge in [0, 0.05) is 31.1 Å². The second-order valence-corrected chi connectivity index (χ2v) is 6.66. The minimum absolute atomic E-state index is 0.104. The van der Waals surface area contributed by atoms with Crippen molar-refractivity contribution in [1.29, 1.82) is 0 Å². The number of nitrogens with zero attached hydrogens (tertiary/aromatic N) is 1. The Kier molecular flexibility index (Phi) is 6.70. The lowest BCUT2D eigenvalue weighted by atomic mass is 9.83. The fourth-order valence-corrected chi connectivity index (χ4v) is 3.22. The first-order valence-electron chi connectivity index (χ1n) is 8.85. The summed E-state index contributed by atoms with van der Waals surface area (Å²) in [6.07, 6.45) is 8.69. The zero-order valence-electron chi connectivity index (χ0n) is 14.3. The van der Waals surface area contributed by atoms with Crippen LogP contribution in [0.2, 0.25) is 0 Å². The molecule has 24 heavy (non-hydrogen) atoms. The van der Waals surface area contributed by atoms with Crippen LogP contribution in [0.1, 0.15) is 63.4 Å². The number of ketones is 2. The lowest BCUT2D eigenvalue weighted by molar-refractivity contribution is -0.134. The van der Waals surface area contributed by atoms with Crippen LogP contribution in [-0.2, 0) is 16.1 Å². The van der Waals surface area contributed by atoms with Crippen LogP contribution in [0.4, 0.5) is 0 Å². The highest BCUT2D eigenvalue weighted by atomic mass is 16.2. The molecule has 2 rings (SSSR count). The van der Waals surface area contributed by atoms with E-state index in [1.54, 1.807) is 13.1 Å². The molecule has 1 aromatic heterocycles. The molecule has 1 saturated carbocycles. The highest BCUT2D eigenvalue weighted by molar-refractivity contribution is 6.02. The van der Waals surface area contributed by atoms with Crippen LogP contribution in [0, 0.1) is 12.8 Å². The summed E-state index contributed by atoms with van der Waals surface area (Å²) in [5.74, 6) is -0.118. The molecule has 0 spiro atoms. The molecule has 0 bridgehead atoms. The van der Waals surface area contributed by atoms with Crippen molar-refractivity contribution in [2.45, 2.75) is 71.3 Å². The molecule has 0 aliphatic heterocycles. The fourth-order valence-electron chi connectivity index (χ4n) is 3.22. The van der Waals surface area contributed by atoms with Crippen molar-refractivity contribution in [3.05, 3.63) is 32.6 Å². The van der Waals surface area contributed by atoms with E-state index < -0.39 is 0 Å². The first-order valence-corrected chi connectivity index (χ1v) is 8.85. The molecule has 1 atom stereocenters. The molecule has 1 aliphatic rings. The van der Waals surface area contributed by atoms with Gasteiger partial charge in [-0.15, -0.1) is 0 Å². The van der Waals surface area contributed by atoms with Gasteiger partial charge in [0.2, 0.25) is 0 Å². The minimum Gasteiger partial charge on any atom is -0.300 e. The van der Waals surface area contributed by atoms with Gasteiger partial charge in [0.1, 0.15) is 11.6 Å². The molecular formula is C18H26N2O4. The molecular weight excluding hydrogens is 308 g/mol. The van der Waals surface area contributed by atoms with Gasteiger partial charge < -0.3 is 4.57 Å². The third kappa shape index (κ3) is 5.01. The van der Waals surface area contributed by atoms with Crippen molar-refractivity contribution in [2.75, 3.05) is 0 Å². The van der Waals surface area contributed by atoms with Crippen molar-refractivity contribution >= 4 is 11.6 Å². The summed E-state index contributed by atoms with van der Waals surface area (Å²) < 4.78 is 1.52. The number of Topliss-reactive ketones (excluding diaryl/α,β-unsaturated/α-hetero) is 2. The van der Waals surface area contributed by atoms with Gasteiger partial charge in [0.15, 0.2) is 0 Å². The molecule has 1 heterocycles. The number of unbranched alkanes of at least 4 members (excludes halogenated alkanes) is 3. The zero-order valence-corrected chi connectivity index (χ0v) is 14.3. The number of carbonyl (C=O) groups excluding carboxylic acids is 2. The molecule has 1 aliphatic carbocycles. The van der Waals surface area contributed by atoms with Crippen LogP contribution in [0.25, 0.3) is 0 Å². The molecule has 0 radical (unpaired) electrons. The summed E-state index contributed by atoms with van der Waals surface area (Å²) in [5, 5.41) is 0. The largest absolute Gasteiger partial charge is 0.328 e. The second kappa shape index (κ2) is 8.76. The van der Waals surface area contributed by atoms with E-state index in [0.29, 0.717) is 24.9 Å². The third-order valence-electron chi connectivity index (χ3n) is 4.70. The zero-order chi connectivity index (χ0) is 17.5. The Hall–Kier alpha value is -1.98. The Balaban J connectivity index is 1.66. The molecule has 132 valence electrons. The number of aromatic nitrogens is 2. The standard InChI is InChI=1S/C18H26N2O4/c1-13-12-20(18(24)19-17(13)23)11-7-3-2-4-9-15(21)14-8-5-6-10-16(14)22/h12,14H,2-11H2,1H3,(H,19,23,24). The molecule has 6 heteroatoms. The molecule has 0 aromatic carbocycles. The van der Waals surface area contributed by atoms with Gasteiger partial charge in [-0.1, -0.05) is 19.3 Å². The smallest absolute Gasteiger partial charge is 0.300 e. The monoisotopic (exact) mass is 334 g/mol. The summed E-state index contributed by atoms with van der Waals surface area (Å²) >= 11 is 0. The Bertz CT molecular complexity index is 702. The number of carbonyl (C=O) groups is 2. The third-order valence-corrected chi connectivity index (χ3v) is 4.70. The molecule has 1 aromatic rings.